The first-order chi connectivity index (χ1) is 11.6. The second-order valence-corrected chi connectivity index (χ2v) is 5.43. The molecule has 0 bridgehead atoms. The molecule has 0 aliphatic rings. The topological polar surface area (TPSA) is 77.3 Å². The smallest absolute Gasteiger partial charge is 0.278 e. The Balaban J connectivity index is 1.73. The van der Waals surface area contributed by atoms with Crippen LogP contribution in [-0.4, -0.2) is 16.0 Å². The van der Waals surface area contributed by atoms with Crippen LogP contribution >= 0.6 is 11.6 Å². The predicted molar refractivity (Wildman–Crippen MR) is 89.2 cm³/mol. The number of benzene rings is 1. The van der Waals surface area contributed by atoms with E-state index in [0.717, 1.165) is 0 Å². The van der Waals surface area contributed by atoms with Crippen molar-refractivity contribution >= 4 is 23.2 Å². The van der Waals surface area contributed by atoms with Crippen molar-refractivity contribution in [2.45, 2.75) is 13.5 Å². The van der Waals surface area contributed by atoms with E-state index in [0.29, 0.717) is 27.8 Å². The van der Waals surface area contributed by atoms with E-state index in [1.54, 1.807) is 55.7 Å². The molecular weight excluding hydrogens is 330 g/mol. The Morgan fingerprint density at radius 2 is 1.92 bits per heavy atom. The van der Waals surface area contributed by atoms with E-state index >= 15 is 0 Å². The standard InChI is InChI=1S/C17H14ClN3O3/c1-11-15(10-23-14-4-2-12(18)3-5-14)16(21-24-11)17(22)20-13-6-8-19-9-7-13/h2-9H,10H2,1H3,(H,19,20,22). The zero-order chi connectivity index (χ0) is 16.9. The van der Waals surface area contributed by atoms with Crippen molar-refractivity contribution in [2.75, 3.05) is 5.32 Å². The lowest BCUT2D eigenvalue weighted by Gasteiger charge is -2.07. The molecular formula is C17H14ClN3O3. The summed E-state index contributed by atoms with van der Waals surface area (Å²) in [6.07, 6.45) is 3.18. The molecule has 2 heterocycles. The lowest BCUT2D eigenvalue weighted by atomic mass is 10.2. The van der Waals surface area contributed by atoms with E-state index in [2.05, 4.69) is 15.5 Å². The van der Waals surface area contributed by atoms with Crippen molar-refractivity contribution in [3.63, 3.8) is 0 Å². The molecule has 3 aromatic rings. The number of hydrogen-bond acceptors (Lipinski definition) is 5. The SMILES string of the molecule is Cc1onc(C(=O)Nc2ccncc2)c1COc1ccc(Cl)cc1. The second-order valence-electron chi connectivity index (χ2n) is 5.00. The minimum atomic E-state index is -0.368. The van der Waals surface area contributed by atoms with Crippen LogP contribution in [0, 0.1) is 6.92 Å². The molecule has 6 nitrogen and oxygen atoms in total. The Labute approximate surface area is 143 Å². The third-order valence-electron chi connectivity index (χ3n) is 3.33. The molecule has 1 aromatic carbocycles. The summed E-state index contributed by atoms with van der Waals surface area (Å²) in [6.45, 7) is 1.90. The number of carbonyl (C=O) groups excluding carboxylic acids is 1. The molecule has 122 valence electrons. The van der Waals surface area contributed by atoms with Gasteiger partial charge in [-0.25, -0.2) is 0 Å². The van der Waals surface area contributed by atoms with Gasteiger partial charge >= 0.3 is 0 Å². The van der Waals surface area contributed by atoms with E-state index in [1.807, 2.05) is 0 Å². The summed E-state index contributed by atoms with van der Waals surface area (Å²) in [5.74, 6) is 0.803. The Morgan fingerprint density at radius 1 is 1.21 bits per heavy atom. The number of rotatable bonds is 5. The van der Waals surface area contributed by atoms with Crippen LogP contribution in [0.15, 0.2) is 53.3 Å². The van der Waals surface area contributed by atoms with Crippen LogP contribution in [0.25, 0.3) is 0 Å². The van der Waals surface area contributed by atoms with Gasteiger partial charge in [-0.2, -0.15) is 0 Å². The number of aryl methyl sites for hydroxylation is 1. The summed E-state index contributed by atoms with van der Waals surface area (Å²) < 4.78 is 10.8. The number of carbonyl (C=O) groups is 1. The van der Waals surface area contributed by atoms with Gasteiger partial charge in [-0.1, -0.05) is 16.8 Å². The normalized spacial score (nSPS) is 10.4. The fourth-order valence-electron chi connectivity index (χ4n) is 2.05. The third kappa shape index (κ3) is 3.72. The molecule has 1 N–H and O–H groups in total. The lowest BCUT2D eigenvalue weighted by molar-refractivity contribution is 0.101. The average Bonchev–Trinajstić information content (AvgIpc) is 2.96. The van der Waals surface area contributed by atoms with E-state index in [9.17, 15) is 4.79 Å². The van der Waals surface area contributed by atoms with Gasteiger partial charge in [-0.3, -0.25) is 9.78 Å². The first-order valence-electron chi connectivity index (χ1n) is 7.18. The van der Waals surface area contributed by atoms with Gasteiger partial charge < -0.3 is 14.6 Å². The number of nitrogens with one attached hydrogen (secondary N) is 1. The van der Waals surface area contributed by atoms with Crippen LogP contribution in [0.2, 0.25) is 5.02 Å². The van der Waals surface area contributed by atoms with Gasteiger partial charge in [0.1, 0.15) is 18.1 Å². The van der Waals surface area contributed by atoms with Gasteiger partial charge in [0.15, 0.2) is 5.69 Å². The molecule has 24 heavy (non-hydrogen) atoms. The molecule has 3 rings (SSSR count). The number of halogens is 1. The Bertz CT molecular complexity index is 832. The van der Waals surface area contributed by atoms with E-state index in [4.69, 9.17) is 20.9 Å². The molecule has 1 amide bonds. The van der Waals surface area contributed by atoms with Crippen molar-refractivity contribution in [3.05, 3.63) is 70.8 Å². The maximum absolute atomic E-state index is 12.4. The zero-order valence-corrected chi connectivity index (χ0v) is 13.6. The number of ether oxygens (including phenoxy) is 1. The van der Waals surface area contributed by atoms with Crippen molar-refractivity contribution in [3.8, 4) is 5.75 Å². The summed E-state index contributed by atoms with van der Waals surface area (Å²) in [5, 5.41) is 7.20. The van der Waals surface area contributed by atoms with Crippen molar-refractivity contribution in [1.82, 2.24) is 10.1 Å². The maximum atomic E-state index is 12.4. The highest BCUT2D eigenvalue weighted by Gasteiger charge is 2.20. The van der Waals surface area contributed by atoms with Gasteiger partial charge in [-0.15, -0.1) is 0 Å². The molecule has 0 atom stereocenters. The van der Waals surface area contributed by atoms with Crippen molar-refractivity contribution < 1.29 is 14.1 Å². The molecule has 0 aliphatic carbocycles. The number of pyridine rings is 1. The van der Waals surface area contributed by atoms with E-state index in [1.165, 1.54) is 0 Å². The average molecular weight is 344 g/mol. The third-order valence-corrected chi connectivity index (χ3v) is 3.59. The van der Waals surface area contributed by atoms with Crippen LogP contribution in [0.1, 0.15) is 21.8 Å². The highest BCUT2D eigenvalue weighted by Crippen LogP contribution is 2.20. The van der Waals surface area contributed by atoms with Crippen LogP contribution in [0.3, 0.4) is 0 Å². The summed E-state index contributed by atoms with van der Waals surface area (Å²) in [7, 11) is 0. The van der Waals surface area contributed by atoms with Crippen LogP contribution in [0.5, 0.6) is 5.75 Å². The summed E-state index contributed by atoms with van der Waals surface area (Å²) >= 11 is 5.84. The number of anilines is 1. The Morgan fingerprint density at radius 3 is 2.62 bits per heavy atom. The fraction of sp³-hybridized carbons (Fsp3) is 0.118. The molecule has 2 aromatic heterocycles. The van der Waals surface area contributed by atoms with Gasteiger partial charge in [0.25, 0.3) is 5.91 Å². The quantitative estimate of drug-likeness (QED) is 0.761. The first kappa shape index (κ1) is 16.0. The zero-order valence-electron chi connectivity index (χ0n) is 12.8. The molecule has 0 fully saturated rings. The molecule has 7 heteroatoms. The number of aromatic nitrogens is 2. The molecule has 0 saturated heterocycles. The minimum Gasteiger partial charge on any atom is -0.489 e. The maximum Gasteiger partial charge on any atom is 0.278 e. The molecule has 0 radical (unpaired) electrons. The monoisotopic (exact) mass is 343 g/mol. The predicted octanol–water partition coefficient (Wildman–Crippen LogP) is 3.86. The van der Waals surface area contributed by atoms with Crippen LogP contribution in [0.4, 0.5) is 5.69 Å². The largest absolute Gasteiger partial charge is 0.489 e. The number of nitrogens with zero attached hydrogens (tertiary/aromatic N) is 2. The summed E-state index contributed by atoms with van der Waals surface area (Å²) in [4.78, 5) is 16.3. The first-order valence-corrected chi connectivity index (χ1v) is 7.56. The van der Waals surface area contributed by atoms with Crippen LogP contribution in [-0.2, 0) is 6.61 Å². The fourth-order valence-corrected chi connectivity index (χ4v) is 2.18. The molecule has 0 spiro atoms. The molecule has 0 saturated carbocycles. The lowest BCUT2D eigenvalue weighted by Crippen LogP contribution is -2.15. The van der Waals surface area contributed by atoms with Gasteiger partial charge in [0.2, 0.25) is 0 Å². The van der Waals surface area contributed by atoms with Gasteiger partial charge in [0.05, 0.1) is 5.56 Å². The van der Waals surface area contributed by atoms with Gasteiger partial charge in [0, 0.05) is 23.1 Å². The minimum absolute atomic E-state index is 0.163. The Hall–Kier alpha value is -2.86. The van der Waals surface area contributed by atoms with Gasteiger partial charge in [-0.05, 0) is 43.3 Å². The van der Waals surface area contributed by atoms with Crippen molar-refractivity contribution in [2.24, 2.45) is 0 Å². The number of amides is 1. The summed E-state index contributed by atoms with van der Waals surface area (Å²) in [5.41, 5.74) is 1.41. The van der Waals surface area contributed by atoms with Crippen LogP contribution < -0.4 is 10.1 Å². The number of hydrogen-bond donors (Lipinski definition) is 1. The van der Waals surface area contributed by atoms with E-state index < -0.39 is 0 Å². The molecule has 0 aliphatic heterocycles. The molecule has 0 unspecified atom stereocenters. The summed E-state index contributed by atoms with van der Waals surface area (Å²) in [6, 6.07) is 10.3. The highest BCUT2D eigenvalue weighted by molar-refractivity contribution is 6.30. The second kappa shape index (κ2) is 7.14. The highest BCUT2D eigenvalue weighted by atomic mass is 35.5. The van der Waals surface area contributed by atoms with E-state index in [-0.39, 0.29) is 18.2 Å². The Kier molecular flexibility index (Phi) is 4.77. The van der Waals surface area contributed by atoms with Crippen molar-refractivity contribution in [1.29, 1.82) is 0 Å².